The molecule has 0 amide bonds. The molecule has 0 spiro atoms. The summed E-state index contributed by atoms with van der Waals surface area (Å²) in [4.78, 5) is 0. The molecular weight excluding hydrogens is 323 g/mol. The van der Waals surface area contributed by atoms with E-state index in [0.29, 0.717) is 10.5 Å². The summed E-state index contributed by atoms with van der Waals surface area (Å²) in [5.74, 6) is 1.05. The van der Waals surface area contributed by atoms with Gasteiger partial charge in [-0.05, 0) is 23.6 Å². The molecule has 2 aromatic carbocycles. The largest absolute Gasteiger partial charge is 0.489 e. The first kappa shape index (κ1) is 11.1. The van der Waals surface area contributed by atoms with Crippen molar-refractivity contribution in [2.45, 2.75) is 17.0 Å². The van der Waals surface area contributed by atoms with Crippen molar-refractivity contribution in [1.82, 2.24) is 0 Å². The third-order valence-electron chi connectivity index (χ3n) is 3.11. The van der Waals surface area contributed by atoms with Crippen LogP contribution in [0.5, 0.6) is 5.75 Å². The number of fused-ring (bicyclic) bond motifs is 1. The number of alkyl halides is 1. The maximum Gasteiger partial charge on any atom is 0.124 e. The molecule has 86 valence electrons. The van der Waals surface area contributed by atoms with Gasteiger partial charge < -0.3 is 4.74 Å². The zero-order chi connectivity index (χ0) is 11.7. The van der Waals surface area contributed by atoms with E-state index in [2.05, 4.69) is 52.9 Å². The number of hydrogen-bond acceptors (Lipinski definition) is 1. The average Bonchev–Trinajstić information content (AvgIpc) is 2.36. The number of hydrogen-bond donors (Lipinski definition) is 0. The average molecular weight is 336 g/mol. The van der Waals surface area contributed by atoms with E-state index >= 15 is 0 Å². The molecule has 0 fully saturated rings. The van der Waals surface area contributed by atoms with Crippen LogP contribution in [0.3, 0.4) is 0 Å². The maximum absolute atomic E-state index is 5.92. The molecule has 0 heterocycles. The van der Waals surface area contributed by atoms with E-state index in [1.165, 1.54) is 23.1 Å². The zero-order valence-electron chi connectivity index (χ0n) is 9.40. The summed E-state index contributed by atoms with van der Waals surface area (Å²) in [5.41, 5.74) is 4.05. The monoisotopic (exact) mass is 336 g/mol. The fourth-order valence-corrected chi connectivity index (χ4v) is 3.33. The lowest BCUT2D eigenvalue weighted by Gasteiger charge is -2.27. The Morgan fingerprint density at radius 2 is 1.88 bits per heavy atom. The van der Waals surface area contributed by atoms with Crippen LogP contribution in [0, 0.1) is 0 Å². The van der Waals surface area contributed by atoms with Gasteiger partial charge in [0.25, 0.3) is 0 Å². The van der Waals surface area contributed by atoms with Crippen molar-refractivity contribution in [2.24, 2.45) is 0 Å². The predicted octanol–water partition coefficient (Wildman–Crippen LogP) is 4.30. The van der Waals surface area contributed by atoms with Crippen LogP contribution in [0.1, 0.15) is 20.6 Å². The van der Waals surface area contributed by atoms with Crippen molar-refractivity contribution in [3.05, 3.63) is 65.2 Å². The molecule has 1 aliphatic carbocycles. The Hall–Kier alpha value is -1.03. The maximum atomic E-state index is 5.92. The number of rotatable bonds is 3. The van der Waals surface area contributed by atoms with Crippen molar-refractivity contribution in [3.63, 3.8) is 0 Å². The van der Waals surface area contributed by atoms with Gasteiger partial charge in [0.1, 0.15) is 12.4 Å². The molecule has 0 saturated carbocycles. The molecule has 0 saturated heterocycles. The van der Waals surface area contributed by atoms with E-state index in [-0.39, 0.29) is 0 Å². The molecule has 1 atom stereocenters. The van der Waals surface area contributed by atoms with Crippen LogP contribution in [-0.2, 0) is 13.0 Å². The summed E-state index contributed by atoms with van der Waals surface area (Å²) in [6, 6.07) is 16.7. The fourth-order valence-electron chi connectivity index (χ4n) is 2.15. The molecule has 1 nitrogen and oxygen atoms in total. The molecule has 1 aliphatic rings. The van der Waals surface area contributed by atoms with Gasteiger partial charge in [-0.2, -0.15) is 0 Å². The summed E-state index contributed by atoms with van der Waals surface area (Å²) < 4.78 is 6.54. The topological polar surface area (TPSA) is 9.23 Å². The van der Waals surface area contributed by atoms with Gasteiger partial charge in [-0.1, -0.05) is 65.1 Å². The van der Waals surface area contributed by atoms with E-state index in [9.17, 15) is 0 Å². The van der Waals surface area contributed by atoms with Gasteiger partial charge in [-0.25, -0.2) is 0 Å². The van der Waals surface area contributed by atoms with Gasteiger partial charge in [0.15, 0.2) is 0 Å². The Labute approximate surface area is 115 Å². The first-order valence-corrected chi connectivity index (χ1v) is 7.02. The van der Waals surface area contributed by atoms with Gasteiger partial charge in [0, 0.05) is 9.49 Å². The van der Waals surface area contributed by atoms with Crippen LogP contribution in [0.4, 0.5) is 0 Å². The molecule has 17 heavy (non-hydrogen) atoms. The molecule has 2 heteroatoms. The van der Waals surface area contributed by atoms with Crippen LogP contribution < -0.4 is 4.74 Å². The van der Waals surface area contributed by atoms with Gasteiger partial charge in [-0.15, -0.1) is 0 Å². The second-order valence-electron chi connectivity index (χ2n) is 4.27. The highest BCUT2D eigenvalue weighted by atomic mass is 127. The quantitative estimate of drug-likeness (QED) is 0.600. The number of ether oxygens (including phenoxy) is 1. The molecule has 3 rings (SSSR count). The third-order valence-corrected chi connectivity index (χ3v) is 4.17. The lowest BCUT2D eigenvalue weighted by molar-refractivity contribution is 0.300. The van der Waals surface area contributed by atoms with Crippen molar-refractivity contribution in [2.75, 3.05) is 0 Å². The van der Waals surface area contributed by atoms with E-state index in [1.54, 1.807) is 0 Å². The second-order valence-corrected chi connectivity index (χ2v) is 5.78. The summed E-state index contributed by atoms with van der Waals surface area (Å²) in [7, 11) is 0. The molecule has 0 radical (unpaired) electrons. The highest BCUT2D eigenvalue weighted by Gasteiger charge is 2.27. The zero-order valence-corrected chi connectivity index (χ0v) is 11.6. The van der Waals surface area contributed by atoms with Crippen molar-refractivity contribution in [1.29, 1.82) is 0 Å². The first-order valence-electron chi connectivity index (χ1n) is 5.77. The standard InChI is InChI=1S/C15H13IO/c16-13-9-12-7-4-8-14(15(12)13)17-10-11-5-2-1-3-6-11/h1-8,13H,9-10H2. The molecule has 0 aromatic heterocycles. The lowest BCUT2D eigenvalue weighted by Crippen LogP contribution is -2.13. The minimum atomic E-state index is 0.620. The van der Waals surface area contributed by atoms with Crippen LogP contribution >= 0.6 is 22.6 Å². The van der Waals surface area contributed by atoms with E-state index in [4.69, 9.17) is 4.74 Å². The van der Waals surface area contributed by atoms with Crippen molar-refractivity contribution < 1.29 is 4.74 Å². The van der Waals surface area contributed by atoms with Crippen LogP contribution in [0.2, 0.25) is 0 Å². The smallest absolute Gasteiger partial charge is 0.124 e. The fraction of sp³-hybridized carbons (Fsp3) is 0.200. The highest BCUT2D eigenvalue weighted by molar-refractivity contribution is 14.1. The summed E-state index contributed by atoms with van der Waals surface area (Å²) >= 11 is 2.48. The van der Waals surface area contributed by atoms with Crippen LogP contribution in [-0.4, -0.2) is 0 Å². The molecule has 0 aliphatic heterocycles. The molecular formula is C15H13IO. The summed E-state index contributed by atoms with van der Waals surface area (Å²) in [6.45, 7) is 0.653. The summed E-state index contributed by atoms with van der Waals surface area (Å²) in [6.07, 6.45) is 1.18. The molecule has 2 aromatic rings. The summed E-state index contributed by atoms with van der Waals surface area (Å²) in [5, 5.41) is 0. The lowest BCUT2D eigenvalue weighted by atomic mass is 9.88. The SMILES string of the molecule is IC1Cc2cccc(OCc3ccccc3)c21. The van der Waals surface area contributed by atoms with E-state index < -0.39 is 0 Å². The van der Waals surface area contributed by atoms with Crippen molar-refractivity contribution in [3.8, 4) is 5.75 Å². The van der Waals surface area contributed by atoms with Crippen LogP contribution in [0.15, 0.2) is 48.5 Å². The molecule has 0 N–H and O–H groups in total. The Kier molecular flexibility index (Phi) is 3.05. The van der Waals surface area contributed by atoms with E-state index in [0.717, 1.165) is 5.75 Å². The molecule has 1 unspecified atom stereocenters. The third kappa shape index (κ3) is 2.18. The number of benzene rings is 2. The highest BCUT2D eigenvalue weighted by Crippen LogP contribution is 2.45. The molecule has 0 bridgehead atoms. The Morgan fingerprint density at radius 3 is 2.65 bits per heavy atom. The minimum Gasteiger partial charge on any atom is -0.489 e. The Bertz CT molecular complexity index is 522. The van der Waals surface area contributed by atoms with Gasteiger partial charge in [0.2, 0.25) is 0 Å². The van der Waals surface area contributed by atoms with Gasteiger partial charge >= 0.3 is 0 Å². The van der Waals surface area contributed by atoms with E-state index in [1.807, 2.05) is 18.2 Å². The second kappa shape index (κ2) is 4.69. The predicted molar refractivity (Wildman–Crippen MR) is 77.7 cm³/mol. The van der Waals surface area contributed by atoms with Gasteiger partial charge in [-0.3, -0.25) is 0 Å². The normalized spacial score (nSPS) is 17.1. The Morgan fingerprint density at radius 1 is 1.06 bits per heavy atom. The van der Waals surface area contributed by atoms with Crippen molar-refractivity contribution >= 4 is 22.6 Å². The van der Waals surface area contributed by atoms with Crippen LogP contribution in [0.25, 0.3) is 0 Å². The van der Waals surface area contributed by atoms with Gasteiger partial charge in [0.05, 0.1) is 0 Å². The first-order chi connectivity index (χ1) is 8.34. The minimum absolute atomic E-state index is 0.620. The Balaban J connectivity index is 1.76. The number of halogens is 1.